The van der Waals surface area contributed by atoms with E-state index < -0.39 is 18.2 Å². The lowest BCUT2D eigenvalue weighted by Crippen LogP contribution is -2.53. The highest BCUT2D eigenvalue weighted by molar-refractivity contribution is 6.00. The quantitative estimate of drug-likeness (QED) is 0.266. The molecule has 2 aromatic carbocycles. The summed E-state index contributed by atoms with van der Waals surface area (Å²) < 4.78 is 0. The van der Waals surface area contributed by atoms with Gasteiger partial charge in [-0.15, -0.1) is 0 Å². The number of aliphatic hydroxyl groups excluding tert-OH is 1. The average molecular weight is 592 g/mol. The SMILES string of the molecule is CCN(CC)c1cc(C(=O)N[C@@H](Cc2ccccc2)[C@@H](O)CN[C@@H](C)C(=O)NC2CCCCC2)cc(N2CCCC2=O)c1. The molecule has 0 aromatic heterocycles. The van der Waals surface area contributed by atoms with Crippen LogP contribution in [0.1, 0.15) is 81.6 Å². The number of nitrogens with one attached hydrogen (secondary N) is 3. The molecule has 0 radical (unpaired) electrons. The van der Waals surface area contributed by atoms with E-state index in [1.807, 2.05) is 42.5 Å². The Morgan fingerprint density at radius 3 is 2.40 bits per heavy atom. The van der Waals surface area contributed by atoms with Crippen molar-refractivity contribution in [3.05, 3.63) is 59.7 Å². The highest BCUT2D eigenvalue weighted by atomic mass is 16.3. The molecular weight excluding hydrogens is 542 g/mol. The largest absolute Gasteiger partial charge is 0.390 e. The molecule has 0 unspecified atom stereocenters. The number of nitrogens with zero attached hydrogens (tertiary/aromatic N) is 2. The van der Waals surface area contributed by atoms with E-state index in [9.17, 15) is 19.5 Å². The first kappa shape index (κ1) is 32.5. The van der Waals surface area contributed by atoms with Gasteiger partial charge in [0.1, 0.15) is 0 Å². The molecule has 4 N–H and O–H groups in total. The zero-order chi connectivity index (χ0) is 30.8. The van der Waals surface area contributed by atoms with Gasteiger partial charge in [0.25, 0.3) is 5.91 Å². The smallest absolute Gasteiger partial charge is 0.251 e. The van der Waals surface area contributed by atoms with Crippen LogP contribution < -0.4 is 25.8 Å². The first-order valence-corrected chi connectivity index (χ1v) is 16.1. The third-order valence-electron chi connectivity index (χ3n) is 8.74. The van der Waals surface area contributed by atoms with Crippen molar-refractivity contribution in [2.24, 2.45) is 0 Å². The second-order valence-corrected chi connectivity index (χ2v) is 11.9. The predicted molar refractivity (Wildman–Crippen MR) is 171 cm³/mol. The third-order valence-corrected chi connectivity index (χ3v) is 8.74. The van der Waals surface area contributed by atoms with Crippen molar-refractivity contribution in [1.29, 1.82) is 0 Å². The molecule has 2 fully saturated rings. The second-order valence-electron chi connectivity index (χ2n) is 11.9. The molecule has 1 saturated carbocycles. The molecule has 234 valence electrons. The maximum absolute atomic E-state index is 13.8. The van der Waals surface area contributed by atoms with E-state index in [1.165, 1.54) is 6.42 Å². The van der Waals surface area contributed by atoms with Crippen molar-refractivity contribution >= 4 is 29.1 Å². The molecule has 0 spiro atoms. The van der Waals surface area contributed by atoms with Crippen molar-refractivity contribution in [2.75, 3.05) is 36.0 Å². The minimum absolute atomic E-state index is 0.0631. The van der Waals surface area contributed by atoms with Gasteiger partial charge in [-0.1, -0.05) is 49.6 Å². The summed E-state index contributed by atoms with van der Waals surface area (Å²) in [5.41, 5.74) is 3.02. The highest BCUT2D eigenvalue weighted by Gasteiger charge is 2.27. The summed E-state index contributed by atoms with van der Waals surface area (Å²) in [6.07, 6.45) is 6.30. The fraction of sp³-hybridized carbons (Fsp3) is 0.559. The molecule has 2 aromatic rings. The number of rotatable bonds is 14. The fourth-order valence-corrected chi connectivity index (χ4v) is 6.08. The molecule has 9 nitrogen and oxygen atoms in total. The summed E-state index contributed by atoms with van der Waals surface area (Å²) in [6.45, 7) is 8.23. The van der Waals surface area contributed by atoms with Gasteiger partial charge in [0, 0.05) is 55.6 Å². The maximum atomic E-state index is 13.8. The van der Waals surface area contributed by atoms with Gasteiger partial charge in [0.15, 0.2) is 0 Å². The van der Waals surface area contributed by atoms with E-state index in [1.54, 1.807) is 17.9 Å². The summed E-state index contributed by atoms with van der Waals surface area (Å²) in [5.74, 6) is -0.321. The van der Waals surface area contributed by atoms with Crippen LogP contribution in [-0.4, -0.2) is 73.2 Å². The highest BCUT2D eigenvalue weighted by Crippen LogP contribution is 2.29. The van der Waals surface area contributed by atoms with Crippen LogP contribution in [0.5, 0.6) is 0 Å². The van der Waals surface area contributed by atoms with Gasteiger partial charge in [0.05, 0.1) is 18.2 Å². The second kappa shape index (κ2) is 15.9. The number of benzene rings is 2. The summed E-state index contributed by atoms with van der Waals surface area (Å²) in [5, 5.41) is 20.7. The Morgan fingerprint density at radius 1 is 1.02 bits per heavy atom. The van der Waals surface area contributed by atoms with Gasteiger partial charge in [-0.3, -0.25) is 14.4 Å². The summed E-state index contributed by atoms with van der Waals surface area (Å²) in [4.78, 5) is 43.1. The predicted octanol–water partition coefficient (Wildman–Crippen LogP) is 3.79. The Balaban J connectivity index is 1.49. The molecule has 1 aliphatic heterocycles. The normalized spacial score (nSPS) is 17.8. The Morgan fingerprint density at radius 2 is 1.74 bits per heavy atom. The van der Waals surface area contributed by atoms with Crippen LogP contribution in [0.25, 0.3) is 0 Å². The molecule has 1 aliphatic carbocycles. The minimum Gasteiger partial charge on any atom is -0.390 e. The van der Waals surface area contributed by atoms with E-state index in [-0.39, 0.29) is 30.3 Å². The van der Waals surface area contributed by atoms with Crippen LogP contribution in [0.4, 0.5) is 11.4 Å². The number of amides is 3. The summed E-state index contributed by atoms with van der Waals surface area (Å²) >= 11 is 0. The standard InChI is InChI=1S/C34H49N5O4/c1-4-38(5-2)28-20-26(21-29(22-28)39-18-12-17-32(39)41)34(43)37-30(19-25-13-8-6-9-14-25)31(40)23-35-24(3)33(42)36-27-15-10-7-11-16-27/h6,8-9,13-14,20-22,24,27,30-31,35,40H,4-5,7,10-12,15-19,23H2,1-3H3,(H,36,42)(H,37,43)/t24-,30-,31-/m0/s1. The van der Waals surface area contributed by atoms with E-state index in [0.29, 0.717) is 24.9 Å². The van der Waals surface area contributed by atoms with Crippen LogP contribution in [0.3, 0.4) is 0 Å². The van der Waals surface area contributed by atoms with Crippen molar-refractivity contribution in [3.63, 3.8) is 0 Å². The number of carbonyl (C=O) groups excluding carboxylic acids is 3. The van der Waals surface area contributed by atoms with Gasteiger partial charge in [-0.2, -0.15) is 0 Å². The molecule has 0 bridgehead atoms. The number of hydrogen-bond acceptors (Lipinski definition) is 6. The van der Waals surface area contributed by atoms with Crippen LogP contribution in [-0.2, 0) is 16.0 Å². The van der Waals surface area contributed by atoms with E-state index in [4.69, 9.17) is 0 Å². The molecular formula is C34H49N5O4. The monoisotopic (exact) mass is 591 g/mol. The van der Waals surface area contributed by atoms with E-state index >= 15 is 0 Å². The molecule has 9 heteroatoms. The van der Waals surface area contributed by atoms with Crippen LogP contribution in [0.2, 0.25) is 0 Å². The van der Waals surface area contributed by atoms with Crippen LogP contribution >= 0.6 is 0 Å². The molecule has 1 heterocycles. The molecule has 2 aliphatic rings. The minimum atomic E-state index is -0.945. The number of aliphatic hydroxyl groups is 1. The molecule has 3 atom stereocenters. The van der Waals surface area contributed by atoms with Crippen molar-refractivity contribution in [1.82, 2.24) is 16.0 Å². The van der Waals surface area contributed by atoms with Crippen molar-refractivity contribution in [2.45, 2.75) is 96.4 Å². The van der Waals surface area contributed by atoms with Crippen LogP contribution in [0, 0.1) is 0 Å². The number of anilines is 2. The Hall–Kier alpha value is -3.43. The van der Waals surface area contributed by atoms with Gasteiger partial charge < -0.3 is 30.9 Å². The van der Waals surface area contributed by atoms with E-state index in [2.05, 4.69) is 34.7 Å². The van der Waals surface area contributed by atoms with Crippen molar-refractivity contribution in [3.8, 4) is 0 Å². The number of hydrogen-bond donors (Lipinski definition) is 4. The first-order valence-electron chi connectivity index (χ1n) is 16.1. The molecule has 1 saturated heterocycles. The Bertz CT molecular complexity index is 1210. The lowest BCUT2D eigenvalue weighted by atomic mass is 9.95. The van der Waals surface area contributed by atoms with Gasteiger partial charge >= 0.3 is 0 Å². The van der Waals surface area contributed by atoms with Crippen LogP contribution in [0.15, 0.2) is 48.5 Å². The molecule has 43 heavy (non-hydrogen) atoms. The topological polar surface area (TPSA) is 114 Å². The summed E-state index contributed by atoms with van der Waals surface area (Å²) in [7, 11) is 0. The Kier molecular flexibility index (Phi) is 12.0. The zero-order valence-corrected chi connectivity index (χ0v) is 26.0. The van der Waals surface area contributed by atoms with Crippen molar-refractivity contribution < 1.29 is 19.5 Å². The average Bonchev–Trinajstić information content (AvgIpc) is 3.46. The molecule has 4 rings (SSSR count). The van der Waals surface area contributed by atoms with E-state index in [0.717, 1.165) is 62.1 Å². The lowest BCUT2D eigenvalue weighted by molar-refractivity contribution is -0.123. The van der Waals surface area contributed by atoms with Gasteiger partial charge in [-0.25, -0.2) is 0 Å². The maximum Gasteiger partial charge on any atom is 0.251 e. The summed E-state index contributed by atoms with van der Waals surface area (Å²) in [6, 6.07) is 14.5. The first-order chi connectivity index (χ1) is 20.8. The number of carbonyl (C=O) groups is 3. The fourth-order valence-electron chi connectivity index (χ4n) is 6.08. The zero-order valence-electron chi connectivity index (χ0n) is 26.0. The third kappa shape index (κ3) is 9.03. The molecule has 3 amide bonds. The lowest BCUT2D eigenvalue weighted by Gasteiger charge is -2.28. The van der Waals surface area contributed by atoms with Gasteiger partial charge in [-0.05, 0) is 70.2 Å². The van der Waals surface area contributed by atoms with Gasteiger partial charge in [0.2, 0.25) is 11.8 Å². The Labute approximate surface area is 256 Å².